The van der Waals surface area contributed by atoms with Crippen LogP contribution >= 0.6 is 11.3 Å². The molecule has 0 spiro atoms. The summed E-state index contributed by atoms with van der Waals surface area (Å²) in [6.07, 6.45) is 6.52. The van der Waals surface area contributed by atoms with Gasteiger partial charge in [0.05, 0.1) is 33.8 Å². The summed E-state index contributed by atoms with van der Waals surface area (Å²) in [6.45, 7) is 7.88. The highest BCUT2D eigenvalue weighted by Crippen LogP contribution is 2.49. The van der Waals surface area contributed by atoms with Crippen LogP contribution in [0, 0.1) is 31.6 Å². The molecule has 9 heteroatoms. The maximum Gasteiger partial charge on any atom is 0.225 e. The van der Waals surface area contributed by atoms with E-state index in [9.17, 15) is 10.2 Å². The van der Waals surface area contributed by atoms with E-state index in [0.29, 0.717) is 36.1 Å². The molecule has 3 aromatic rings. The second-order valence-corrected chi connectivity index (χ2v) is 12.0. The molecular formula is C26H34N6O2S. The van der Waals surface area contributed by atoms with Gasteiger partial charge in [0.2, 0.25) is 5.95 Å². The van der Waals surface area contributed by atoms with Crippen molar-refractivity contribution in [3.63, 3.8) is 0 Å². The maximum atomic E-state index is 11.3. The summed E-state index contributed by atoms with van der Waals surface area (Å²) < 4.78 is 1.07. The van der Waals surface area contributed by atoms with E-state index in [1.807, 2.05) is 26.1 Å². The van der Waals surface area contributed by atoms with E-state index in [1.54, 1.807) is 18.3 Å². The van der Waals surface area contributed by atoms with Gasteiger partial charge in [0.15, 0.2) is 0 Å². The first-order chi connectivity index (χ1) is 16.7. The van der Waals surface area contributed by atoms with Crippen molar-refractivity contribution in [1.29, 1.82) is 0 Å². The molecule has 35 heavy (non-hydrogen) atoms. The fourth-order valence-electron chi connectivity index (χ4n) is 5.63. The van der Waals surface area contributed by atoms with Gasteiger partial charge < -0.3 is 20.8 Å². The highest BCUT2D eigenvalue weighted by atomic mass is 32.1. The van der Waals surface area contributed by atoms with E-state index in [0.717, 1.165) is 45.0 Å². The molecule has 3 fully saturated rings. The Kier molecular flexibility index (Phi) is 5.50. The standard InChI is InChI=1S/C26H34N6O2S/c1-12(15-5-6-15)28-25-29-13(2)20(24-31-21-14(3)27-10-9-18(21)35-24)23(32-25)30-19-11-17(16-7-8-16)22(33)26(19,4)34/h9-10,12,15-17,19,22,33-34H,5-8,11H2,1-4H3,(H2,28,29,30,32)/t12-,17-,19-,22-,26+/m1/s1. The van der Waals surface area contributed by atoms with Crippen molar-refractivity contribution in [3.8, 4) is 10.6 Å². The van der Waals surface area contributed by atoms with Gasteiger partial charge in [0, 0.05) is 12.2 Å². The normalized spacial score (nSPS) is 29.5. The summed E-state index contributed by atoms with van der Waals surface area (Å²) in [4.78, 5) is 19.0. The zero-order valence-electron chi connectivity index (χ0n) is 20.7. The molecule has 3 aliphatic rings. The van der Waals surface area contributed by atoms with E-state index in [1.165, 1.54) is 12.8 Å². The number of aliphatic hydroxyl groups is 2. The molecule has 0 saturated heterocycles. The maximum absolute atomic E-state index is 11.3. The lowest BCUT2D eigenvalue weighted by Crippen LogP contribution is -2.47. The molecule has 8 nitrogen and oxygen atoms in total. The van der Waals surface area contributed by atoms with Crippen molar-refractivity contribution in [3.05, 3.63) is 23.7 Å². The third kappa shape index (κ3) is 4.17. The van der Waals surface area contributed by atoms with E-state index in [-0.39, 0.29) is 12.0 Å². The number of aryl methyl sites for hydroxylation is 2. The van der Waals surface area contributed by atoms with Crippen molar-refractivity contribution in [1.82, 2.24) is 19.9 Å². The quantitative estimate of drug-likeness (QED) is 0.384. The number of nitrogens with one attached hydrogen (secondary N) is 2. The van der Waals surface area contributed by atoms with Crippen molar-refractivity contribution in [2.75, 3.05) is 10.6 Å². The average Bonchev–Trinajstić information content (AvgIpc) is 3.72. The van der Waals surface area contributed by atoms with Crippen LogP contribution in [0.3, 0.4) is 0 Å². The molecule has 0 radical (unpaired) electrons. The molecule has 3 aliphatic carbocycles. The number of aliphatic hydroxyl groups excluding tert-OH is 1. The Bertz CT molecular complexity index is 1270. The van der Waals surface area contributed by atoms with Crippen LogP contribution in [0.25, 0.3) is 20.8 Å². The van der Waals surface area contributed by atoms with Crippen LogP contribution in [0.4, 0.5) is 11.8 Å². The minimum absolute atomic E-state index is 0.109. The van der Waals surface area contributed by atoms with Crippen molar-refractivity contribution in [2.45, 2.75) is 83.6 Å². The van der Waals surface area contributed by atoms with Crippen molar-refractivity contribution in [2.24, 2.45) is 17.8 Å². The highest BCUT2D eigenvalue weighted by molar-refractivity contribution is 7.21. The first-order valence-corrected chi connectivity index (χ1v) is 13.6. The molecule has 186 valence electrons. The van der Waals surface area contributed by atoms with E-state index in [4.69, 9.17) is 15.0 Å². The highest BCUT2D eigenvalue weighted by Gasteiger charge is 2.55. The molecule has 0 unspecified atom stereocenters. The monoisotopic (exact) mass is 494 g/mol. The Morgan fingerprint density at radius 3 is 2.57 bits per heavy atom. The largest absolute Gasteiger partial charge is 0.390 e. The Morgan fingerprint density at radius 2 is 1.89 bits per heavy atom. The molecule has 3 heterocycles. The fourth-order valence-corrected chi connectivity index (χ4v) is 6.74. The fraction of sp³-hybridized carbons (Fsp3) is 0.615. The van der Waals surface area contributed by atoms with Crippen LogP contribution in [0.2, 0.25) is 0 Å². The topological polar surface area (TPSA) is 116 Å². The number of hydrogen-bond acceptors (Lipinski definition) is 9. The smallest absolute Gasteiger partial charge is 0.225 e. The molecule has 3 aromatic heterocycles. The van der Waals surface area contributed by atoms with Crippen molar-refractivity contribution >= 4 is 33.3 Å². The zero-order chi connectivity index (χ0) is 24.5. The van der Waals surface area contributed by atoms with Gasteiger partial charge in [-0.05, 0) is 83.6 Å². The summed E-state index contributed by atoms with van der Waals surface area (Å²) in [7, 11) is 0. The van der Waals surface area contributed by atoms with Crippen LogP contribution in [0.5, 0.6) is 0 Å². The average molecular weight is 495 g/mol. The summed E-state index contributed by atoms with van der Waals surface area (Å²) in [5, 5.41) is 30.1. The predicted molar refractivity (Wildman–Crippen MR) is 139 cm³/mol. The van der Waals surface area contributed by atoms with Gasteiger partial charge in [-0.3, -0.25) is 4.98 Å². The van der Waals surface area contributed by atoms with Gasteiger partial charge in [-0.1, -0.05) is 0 Å². The SMILES string of the molecule is Cc1nc(N[C@H](C)C2CC2)nc(N[C@@H]2C[C@H](C3CC3)[C@@H](O)[C@@]2(C)O)c1-c1nc2c(C)nccc2s1. The first kappa shape index (κ1) is 23.1. The minimum Gasteiger partial charge on any atom is -0.390 e. The number of anilines is 2. The van der Waals surface area contributed by atoms with E-state index < -0.39 is 11.7 Å². The third-order valence-electron chi connectivity index (χ3n) is 8.24. The van der Waals surface area contributed by atoms with Crippen LogP contribution < -0.4 is 10.6 Å². The second kappa shape index (κ2) is 8.35. The van der Waals surface area contributed by atoms with Crippen molar-refractivity contribution < 1.29 is 10.2 Å². The molecule has 6 rings (SSSR count). The summed E-state index contributed by atoms with van der Waals surface area (Å²) in [5.41, 5.74) is 2.21. The zero-order valence-corrected chi connectivity index (χ0v) is 21.6. The Hall–Kier alpha value is -2.36. The Balaban J connectivity index is 1.41. The molecule has 5 atom stereocenters. The number of nitrogens with zero attached hydrogens (tertiary/aromatic N) is 4. The predicted octanol–water partition coefficient (Wildman–Crippen LogP) is 4.30. The van der Waals surface area contributed by atoms with Crippen LogP contribution in [0.1, 0.15) is 57.3 Å². The van der Waals surface area contributed by atoms with Gasteiger partial charge in [0.1, 0.15) is 21.9 Å². The van der Waals surface area contributed by atoms with Gasteiger partial charge in [-0.25, -0.2) is 9.97 Å². The number of hydrogen-bond donors (Lipinski definition) is 4. The summed E-state index contributed by atoms with van der Waals surface area (Å²) in [5.74, 6) is 2.52. The Labute approximate surface area is 209 Å². The van der Waals surface area contributed by atoms with Gasteiger partial charge in [-0.15, -0.1) is 11.3 Å². The molecule has 4 N–H and O–H groups in total. The number of thiazole rings is 1. The first-order valence-electron chi connectivity index (χ1n) is 12.8. The van der Waals surface area contributed by atoms with E-state index >= 15 is 0 Å². The Morgan fingerprint density at radius 1 is 1.11 bits per heavy atom. The molecule has 0 amide bonds. The number of pyridine rings is 1. The number of aromatic nitrogens is 4. The van der Waals surface area contributed by atoms with Gasteiger partial charge in [-0.2, -0.15) is 4.98 Å². The molecule has 3 saturated carbocycles. The van der Waals surface area contributed by atoms with Crippen LogP contribution in [0.15, 0.2) is 12.3 Å². The summed E-state index contributed by atoms with van der Waals surface area (Å²) in [6, 6.07) is 1.97. The molecule has 0 aromatic carbocycles. The van der Waals surface area contributed by atoms with Gasteiger partial charge in [0.25, 0.3) is 0 Å². The lowest BCUT2D eigenvalue weighted by Gasteiger charge is -2.30. The number of fused-ring (bicyclic) bond motifs is 1. The summed E-state index contributed by atoms with van der Waals surface area (Å²) >= 11 is 1.60. The molecule has 0 aliphatic heterocycles. The number of rotatable bonds is 7. The lowest BCUT2D eigenvalue weighted by atomic mass is 9.94. The van der Waals surface area contributed by atoms with Crippen LogP contribution in [-0.4, -0.2) is 53.9 Å². The lowest BCUT2D eigenvalue weighted by molar-refractivity contribution is -0.0612. The minimum atomic E-state index is -1.24. The van der Waals surface area contributed by atoms with E-state index in [2.05, 4.69) is 22.5 Å². The second-order valence-electron chi connectivity index (χ2n) is 11.0. The molecule has 0 bridgehead atoms. The van der Waals surface area contributed by atoms with Gasteiger partial charge >= 0.3 is 0 Å². The third-order valence-corrected chi connectivity index (χ3v) is 9.27. The molecular weight excluding hydrogens is 460 g/mol. The van der Waals surface area contributed by atoms with Crippen LogP contribution in [-0.2, 0) is 0 Å².